The molecule has 0 saturated heterocycles. The summed E-state index contributed by atoms with van der Waals surface area (Å²) in [5, 5.41) is 5.00. The molecule has 6 heteroatoms. The van der Waals surface area contributed by atoms with Gasteiger partial charge in [-0.25, -0.2) is 8.42 Å². The van der Waals surface area contributed by atoms with Crippen LogP contribution >= 0.6 is 11.6 Å². The smallest absolute Gasteiger partial charge is 0.153 e. The summed E-state index contributed by atoms with van der Waals surface area (Å²) in [4.78, 5) is 3.16. The Morgan fingerprint density at radius 2 is 2.05 bits per heavy atom. The van der Waals surface area contributed by atoms with Crippen molar-refractivity contribution < 1.29 is 8.42 Å². The van der Waals surface area contributed by atoms with Gasteiger partial charge in [-0.1, -0.05) is 17.7 Å². The SMILES string of the molecule is CC(C)(CNCc1c[nH]c2cc(Cl)ccc12)S(C)(=O)=O. The van der Waals surface area contributed by atoms with Crippen LogP contribution in [0.5, 0.6) is 0 Å². The molecule has 0 aliphatic heterocycles. The van der Waals surface area contributed by atoms with Crippen molar-refractivity contribution in [1.82, 2.24) is 10.3 Å². The third kappa shape index (κ3) is 3.16. The summed E-state index contributed by atoms with van der Waals surface area (Å²) in [6.45, 7) is 4.47. The number of hydrogen-bond acceptors (Lipinski definition) is 3. The number of sulfone groups is 1. The molecule has 0 unspecified atom stereocenters. The van der Waals surface area contributed by atoms with Gasteiger partial charge >= 0.3 is 0 Å². The van der Waals surface area contributed by atoms with Crippen LogP contribution in [0.4, 0.5) is 0 Å². The van der Waals surface area contributed by atoms with Gasteiger partial charge in [0, 0.05) is 41.5 Å². The molecule has 0 amide bonds. The molecular weight excluding hydrogens is 296 g/mol. The maximum absolute atomic E-state index is 11.6. The first-order valence-corrected chi connectivity index (χ1v) is 8.63. The number of nitrogens with one attached hydrogen (secondary N) is 2. The Labute approximate surface area is 124 Å². The van der Waals surface area contributed by atoms with Crippen molar-refractivity contribution >= 4 is 32.3 Å². The van der Waals surface area contributed by atoms with Crippen LogP contribution in [0.2, 0.25) is 5.02 Å². The van der Waals surface area contributed by atoms with E-state index < -0.39 is 14.6 Å². The Morgan fingerprint density at radius 1 is 1.35 bits per heavy atom. The standard InChI is InChI=1S/C14H19ClN2O2S/c1-14(2,20(3,18)19)9-16-7-10-8-17-13-6-11(15)4-5-12(10)13/h4-6,8,16-17H,7,9H2,1-3H3. The van der Waals surface area contributed by atoms with Crippen LogP contribution in [0.15, 0.2) is 24.4 Å². The highest BCUT2D eigenvalue weighted by Crippen LogP contribution is 2.22. The van der Waals surface area contributed by atoms with E-state index >= 15 is 0 Å². The highest BCUT2D eigenvalue weighted by Gasteiger charge is 2.29. The van der Waals surface area contributed by atoms with Gasteiger partial charge in [-0.05, 0) is 31.5 Å². The minimum absolute atomic E-state index is 0.409. The van der Waals surface area contributed by atoms with Crippen molar-refractivity contribution in [3.8, 4) is 0 Å². The maximum atomic E-state index is 11.6. The molecule has 0 fully saturated rings. The van der Waals surface area contributed by atoms with Gasteiger partial charge in [-0.2, -0.15) is 0 Å². The zero-order valence-corrected chi connectivity index (χ0v) is 13.4. The molecule has 4 nitrogen and oxygen atoms in total. The van der Waals surface area contributed by atoms with Crippen LogP contribution in [0, 0.1) is 0 Å². The van der Waals surface area contributed by atoms with Crippen molar-refractivity contribution in [3.05, 3.63) is 35.0 Å². The molecule has 1 heterocycles. The molecule has 1 aromatic carbocycles. The number of hydrogen-bond donors (Lipinski definition) is 2. The van der Waals surface area contributed by atoms with Gasteiger partial charge in [0.15, 0.2) is 9.84 Å². The fourth-order valence-corrected chi connectivity index (χ4v) is 2.47. The van der Waals surface area contributed by atoms with E-state index in [1.54, 1.807) is 13.8 Å². The monoisotopic (exact) mass is 314 g/mol. The number of aromatic amines is 1. The summed E-state index contributed by atoms with van der Waals surface area (Å²) in [5.74, 6) is 0. The lowest BCUT2D eigenvalue weighted by atomic mass is 10.1. The van der Waals surface area contributed by atoms with Gasteiger partial charge in [0.2, 0.25) is 0 Å². The quantitative estimate of drug-likeness (QED) is 0.892. The minimum Gasteiger partial charge on any atom is -0.361 e. The van der Waals surface area contributed by atoms with E-state index in [2.05, 4.69) is 10.3 Å². The normalized spacial score (nSPS) is 13.0. The van der Waals surface area contributed by atoms with E-state index in [1.807, 2.05) is 24.4 Å². The van der Waals surface area contributed by atoms with E-state index in [-0.39, 0.29) is 0 Å². The van der Waals surface area contributed by atoms with Gasteiger partial charge < -0.3 is 10.3 Å². The lowest BCUT2D eigenvalue weighted by molar-refractivity contribution is 0.522. The number of rotatable bonds is 5. The summed E-state index contributed by atoms with van der Waals surface area (Å²) in [6.07, 6.45) is 3.18. The molecule has 0 aliphatic carbocycles. The lowest BCUT2D eigenvalue weighted by Gasteiger charge is -2.22. The predicted octanol–water partition coefficient (Wildman–Crippen LogP) is 2.73. The first-order chi connectivity index (χ1) is 9.21. The molecule has 2 N–H and O–H groups in total. The molecule has 1 aromatic heterocycles. The Hall–Kier alpha value is -1.04. The van der Waals surface area contributed by atoms with Crippen LogP contribution < -0.4 is 5.32 Å². The zero-order valence-electron chi connectivity index (χ0n) is 11.8. The number of halogens is 1. The molecule has 2 rings (SSSR count). The lowest BCUT2D eigenvalue weighted by Crippen LogP contribution is -2.41. The molecule has 20 heavy (non-hydrogen) atoms. The van der Waals surface area contributed by atoms with E-state index in [4.69, 9.17) is 11.6 Å². The van der Waals surface area contributed by atoms with Crippen molar-refractivity contribution in [1.29, 1.82) is 0 Å². The van der Waals surface area contributed by atoms with Gasteiger partial charge in [0.1, 0.15) is 0 Å². The Balaban J connectivity index is 2.07. The van der Waals surface area contributed by atoms with E-state index in [0.29, 0.717) is 18.1 Å². The largest absolute Gasteiger partial charge is 0.361 e. The third-order valence-corrected chi connectivity index (χ3v) is 5.99. The number of H-pyrrole nitrogens is 1. The third-order valence-electron chi connectivity index (χ3n) is 3.60. The minimum atomic E-state index is -3.08. The fraction of sp³-hybridized carbons (Fsp3) is 0.429. The van der Waals surface area contributed by atoms with Gasteiger partial charge in [-0.3, -0.25) is 0 Å². The number of aromatic nitrogens is 1. The van der Waals surface area contributed by atoms with Crippen molar-refractivity contribution in [2.45, 2.75) is 25.1 Å². The zero-order chi connectivity index (χ0) is 15.0. The van der Waals surface area contributed by atoms with Crippen LogP contribution in [-0.2, 0) is 16.4 Å². The molecule has 2 aromatic rings. The van der Waals surface area contributed by atoms with Crippen molar-refractivity contribution in [2.75, 3.05) is 12.8 Å². The predicted molar refractivity (Wildman–Crippen MR) is 83.9 cm³/mol. The summed E-state index contributed by atoms with van der Waals surface area (Å²) < 4.78 is 22.5. The molecule has 0 saturated carbocycles. The molecule has 0 spiro atoms. The first kappa shape index (κ1) is 15.4. The fourth-order valence-electron chi connectivity index (χ4n) is 1.93. The Kier molecular flexibility index (Phi) is 4.14. The first-order valence-electron chi connectivity index (χ1n) is 6.36. The summed E-state index contributed by atoms with van der Waals surface area (Å²) in [7, 11) is -3.08. The Morgan fingerprint density at radius 3 is 2.70 bits per heavy atom. The molecule has 110 valence electrons. The van der Waals surface area contributed by atoms with Gasteiger partial charge in [-0.15, -0.1) is 0 Å². The van der Waals surface area contributed by atoms with Crippen molar-refractivity contribution in [2.24, 2.45) is 0 Å². The van der Waals surface area contributed by atoms with E-state index in [9.17, 15) is 8.42 Å². The van der Waals surface area contributed by atoms with Crippen LogP contribution in [-0.4, -0.2) is 30.9 Å². The molecule has 0 atom stereocenters. The van der Waals surface area contributed by atoms with Gasteiger partial charge in [0.25, 0.3) is 0 Å². The second kappa shape index (κ2) is 5.39. The molecule has 0 radical (unpaired) electrons. The average Bonchev–Trinajstić information content (AvgIpc) is 2.70. The average molecular weight is 315 g/mol. The number of fused-ring (bicyclic) bond motifs is 1. The second-order valence-corrected chi connectivity index (χ2v) is 8.73. The van der Waals surface area contributed by atoms with E-state index in [0.717, 1.165) is 16.5 Å². The van der Waals surface area contributed by atoms with Crippen LogP contribution in [0.25, 0.3) is 10.9 Å². The highest BCUT2D eigenvalue weighted by molar-refractivity contribution is 7.92. The Bertz CT molecular complexity index is 720. The van der Waals surface area contributed by atoms with Crippen LogP contribution in [0.1, 0.15) is 19.4 Å². The second-order valence-electron chi connectivity index (χ2n) is 5.64. The maximum Gasteiger partial charge on any atom is 0.153 e. The summed E-state index contributed by atoms with van der Waals surface area (Å²) >= 11 is 5.94. The number of benzene rings is 1. The van der Waals surface area contributed by atoms with E-state index in [1.165, 1.54) is 6.26 Å². The molecular formula is C14H19ClN2O2S. The molecule has 0 aliphatic rings. The highest BCUT2D eigenvalue weighted by atomic mass is 35.5. The topological polar surface area (TPSA) is 62.0 Å². The summed E-state index contributed by atoms with van der Waals surface area (Å²) in [6, 6.07) is 5.69. The molecule has 0 bridgehead atoms. The summed E-state index contributed by atoms with van der Waals surface area (Å²) in [5.41, 5.74) is 2.08. The van der Waals surface area contributed by atoms with Crippen molar-refractivity contribution in [3.63, 3.8) is 0 Å². The van der Waals surface area contributed by atoms with Crippen LogP contribution in [0.3, 0.4) is 0 Å². The van der Waals surface area contributed by atoms with Gasteiger partial charge in [0.05, 0.1) is 4.75 Å².